The number of fused-ring (bicyclic) bond motifs is 1. The predicted molar refractivity (Wildman–Crippen MR) is 92.5 cm³/mol. The zero-order valence-corrected chi connectivity index (χ0v) is 14.0. The van der Waals surface area contributed by atoms with Gasteiger partial charge in [0.1, 0.15) is 0 Å². The molecule has 2 aromatic rings. The second-order valence-corrected chi connectivity index (χ2v) is 7.74. The molecule has 0 unspecified atom stereocenters. The van der Waals surface area contributed by atoms with E-state index in [9.17, 15) is 9.59 Å². The molecule has 23 heavy (non-hydrogen) atoms. The summed E-state index contributed by atoms with van der Waals surface area (Å²) in [4.78, 5) is 29.2. The van der Waals surface area contributed by atoms with E-state index in [2.05, 4.69) is 36.1 Å². The van der Waals surface area contributed by atoms with Crippen molar-refractivity contribution in [3.63, 3.8) is 0 Å². The van der Waals surface area contributed by atoms with Crippen molar-refractivity contribution in [1.82, 2.24) is 9.97 Å². The normalized spacial score (nSPS) is 22.2. The van der Waals surface area contributed by atoms with Crippen molar-refractivity contribution in [3.8, 4) is 0 Å². The molecule has 1 heterocycles. The number of carbonyl (C=O) groups excluding carboxylic acids is 1. The molecule has 0 saturated heterocycles. The molecular formula is C18H25N3O2. The van der Waals surface area contributed by atoms with Crippen LogP contribution in [0.1, 0.15) is 46.5 Å². The average Bonchev–Trinajstić information content (AvgIpc) is 2.86. The number of imidazole rings is 1. The lowest BCUT2D eigenvalue weighted by Gasteiger charge is -2.36. The summed E-state index contributed by atoms with van der Waals surface area (Å²) in [7, 11) is 0. The third kappa shape index (κ3) is 3.49. The van der Waals surface area contributed by atoms with Crippen LogP contribution in [0.2, 0.25) is 0 Å². The molecule has 0 aliphatic heterocycles. The first kappa shape index (κ1) is 15.8. The van der Waals surface area contributed by atoms with E-state index >= 15 is 0 Å². The fraction of sp³-hybridized carbons (Fsp3) is 0.556. The Morgan fingerprint density at radius 3 is 2.39 bits per heavy atom. The van der Waals surface area contributed by atoms with Gasteiger partial charge in [-0.15, -0.1) is 0 Å². The van der Waals surface area contributed by atoms with Crippen molar-refractivity contribution in [1.29, 1.82) is 0 Å². The Morgan fingerprint density at radius 2 is 1.74 bits per heavy atom. The fourth-order valence-electron chi connectivity index (χ4n) is 3.58. The molecule has 0 radical (unpaired) electrons. The maximum atomic E-state index is 12.5. The van der Waals surface area contributed by atoms with Crippen LogP contribution in [0.3, 0.4) is 0 Å². The molecule has 1 saturated carbocycles. The summed E-state index contributed by atoms with van der Waals surface area (Å²) < 4.78 is 0. The van der Waals surface area contributed by atoms with Gasteiger partial charge in [0, 0.05) is 11.6 Å². The van der Waals surface area contributed by atoms with Crippen LogP contribution >= 0.6 is 0 Å². The maximum absolute atomic E-state index is 12.5. The molecule has 0 atom stereocenters. The molecule has 1 aliphatic carbocycles. The van der Waals surface area contributed by atoms with Crippen LogP contribution in [-0.4, -0.2) is 15.9 Å². The maximum Gasteiger partial charge on any atom is 0.323 e. The first-order valence-corrected chi connectivity index (χ1v) is 8.36. The summed E-state index contributed by atoms with van der Waals surface area (Å²) in [5, 5.41) is 2.99. The minimum Gasteiger partial charge on any atom is -0.326 e. The first-order valence-electron chi connectivity index (χ1n) is 8.36. The van der Waals surface area contributed by atoms with E-state index in [0.717, 1.165) is 36.9 Å². The van der Waals surface area contributed by atoms with Crippen LogP contribution in [0.15, 0.2) is 23.0 Å². The number of rotatable bonds is 2. The molecule has 1 aliphatic rings. The number of benzene rings is 1. The minimum atomic E-state index is -0.232. The largest absolute Gasteiger partial charge is 0.326 e. The summed E-state index contributed by atoms with van der Waals surface area (Å²) in [5.41, 5.74) is 2.29. The highest BCUT2D eigenvalue weighted by molar-refractivity contribution is 5.94. The van der Waals surface area contributed by atoms with E-state index in [1.54, 1.807) is 12.1 Å². The summed E-state index contributed by atoms with van der Waals surface area (Å²) in [6.07, 6.45) is 4.14. The Kier molecular flexibility index (Phi) is 4.04. The van der Waals surface area contributed by atoms with Crippen molar-refractivity contribution in [3.05, 3.63) is 28.7 Å². The first-order chi connectivity index (χ1) is 10.8. The van der Waals surface area contributed by atoms with Gasteiger partial charge in [0.05, 0.1) is 11.0 Å². The van der Waals surface area contributed by atoms with Gasteiger partial charge in [0.15, 0.2) is 0 Å². The Bertz CT molecular complexity index is 758. The van der Waals surface area contributed by atoms with Crippen molar-refractivity contribution < 1.29 is 4.79 Å². The highest BCUT2D eigenvalue weighted by Crippen LogP contribution is 2.40. The number of nitrogens with one attached hydrogen (secondary N) is 3. The molecule has 1 aromatic heterocycles. The topological polar surface area (TPSA) is 77.8 Å². The van der Waals surface area contributed by atoms with E-state index in [-0.39, 0.29) is 17.5 Å². The Labute approximate surface area is 135 Å². The van der Waals surface area contributed by atoms with Crippen LogP contribution in [0.25, 0.3) is 11.0 Å². The second-order valence-electron chi connectivity index (χ2n) is 7.74. The van der Waals surface area contributed by atoms with E-state index in [4.69, 9.17) is 0 Å². The lowest BCUT2D eigenvalue weighted by molar-refractivity contribution is -0.121. The standard InChI is InChI=1S/C18H25N3O2/c1-18(2,3)12-6-4-11(5-7-12)16(22)19-13-8-9-14-15(10-13)21-17(23)20-14/h8-12H,4-7H2,1-3H3,(H,19,22)(H2,20,21,23). The number of amides is 1. The van der Waals surface area contributed by atoms with Gasteiger partial charge >= 0.3 is 5.69 Å². The van der Waals surface area contributed by atoms with Crippen molar-refractivity contribution in [2.24, 2.45) is 17.3 Å². The molecule has 124 valence electrons. The third-order valence-electron chi connectivity index (χ3n) is 5.11. The van der Waals surface area contributed by atoms with E-state index in [1.807, 2.05) is 6.07 Å². The Balaban J connectivity index is 1.63. The molecular weight excluding hydrogens is 290 g/mol. The van der Waals surface area contributed by atoms with E-state index in [0.29, 0.717) is 16.8 Å². The molecule has 5 nitrogen and oxygen atoms in total. The average molecular weight is 315 g/mol. The molecule has 1 amide bonds. The molecule has 0 bridgehead atoms. The van der Waals surface area contributed by atoms with Gasteiger partial charge in [-0.3, -0.25) is 4.79 Å². The van der Waals surface area contributed by atoms with E-state index < -0.39 is 0 Å². The molecule has 3 rings (SSSR count). The quantitative estimate of drug-likeness (QED) is 0.791. The number of carbonyl (C=O) groups is 1. The number of H-pyrrole nitrogens is 2. The fourth-order valence-corrected chi connectivity index (χ4v) is 3.58. The van der Waals surface area contributed by atoms with Crippen LogP contribution in [0.5, 0.6) is 0 Å². The van der Waals surface area contributed by atoms with Gasteiger partial charge in [-0.05, 0) is 55.2 Å². The molecule has 0 spiro atoms. The predicted octanol–water partition coefficient (Wildman–Crippen LogP) is 3.65. The van der Waals surface area contributed by atoms with Gasteiger partial charge in [-0.1, -0.05) is 20.8 Å². The zero-order chi connectivity index (χ0) is 16.6. The van der Waals surface area contributed by atoms with Gasteiger partial charge in [-0.25, -0.2) is 4.79 Å². The monoisotopic (exact) mass is 315 g/mol. The van der Waals surface area contributed by atoms with Crippen molar-refractivity contribution in [2.45, 2.75) is 46.5 Å². The van der Waals surface area contributed by atoms with Crippen LogP contribution < -0.4 is 11.0 Å². The third-order valence-corrected chi connectivity index (χ3v) is 5.11. The van der Waals surface area contributed by atoms with Crippen molar-refractivity contribution in [2.75, 3.05) is 5.32 Å². The number of hydrogen-bond donors (Lipinski definition) is 3. The van der Waals surface area contributed by atoms with Gasteiger partial charge in [-0.2, -0.15) is 0 Å². The number of aromatic amines is 2. The highest BCUT2D eigenvalue weighted by Gasteiger charge is 2.32. The number of anilines is 1. The summed E-state index contributed by atoms with van der Waals surface area (Å²) in [6, 6.07) is 5.43. The molecule has 5 heteroatoms. The number of aromatic nitrogens is 2. The summed E-state index contributed by atoms with van der Waals surface area (Å²) >= 11 is 0. The zero-order valence-electron chi connectivity index (χ0n) is 14.0. The van der Waals surface area contributed by atoms with Gasteiger partial charge < -0.3 is 15.3 Å². The highest BCUT2D eigenvalue weighted by atomic mass is 16.2. The molecule has 3 N–H and O–H groups in total. The van der Waals surface area contributed by atoms with Gasteiger partial charge in [0.2, 0.25) is 5.91 Å². The molecule has 1 aromatic carbocycles. The lowest BCUT2D eigenvalue weighted by Crippen LogP contribution is -2.31. The number of hydrogen-bond acceptors (Lipinski definition) is 2. The Hall–Kier alpha value is -2.04. The Morgan fingerprint density at radius 1 is 1.09 bits per heavy atom. The van der Waals surface area contributed by atoms with Crippen molar-refractivity contribution >= 4 is 22.6 Å². The molecule has 1 fully saturated rings. The van der Waals surface area contributed by atoms with Crippen LogP contribution in [0, 0.1) is 17.3 Å². The summed E-state index contributed by atoms with van der Waals surface area (Å²) in [5.74, 6) is 0.886. The van der Waals surface area contributed by atoms with Crippen LogP contribution in [0.4, 0.5) is 5.69 Å². The van der Waals surface area contributed by atoms with Gasteiger partial charge in [0.25, 0.3) is 0 Å². The second kappa shape index (κ2) is 5.87. The van der Waals surface area contributed by atoms with Crippen LogP contribution in [-0.2, 0) is 4.79 Å². The lowest BCUT2D eigenvalue weighted by atomic mass is 9.69. The minimum absolute atomic E-state index is 0.0922. The SMILES string of the molecule is CC(C)(C)C1CCC(C(=O)Nc2ccc3[nH]c(=O)[nH]c3c2)CC1. The smallest absolute Gasteiger partial charge is 0.323 e. The van der Waals surface area contributed by atoms with E-state index in [1.165, 1.54) is 0 Å². The summed E-state index contributed by atoms with van der Waals surface area (Å²) in [6.45, 7) is 6.85.